The van der Waals surface area contributed by atoms with Crippen molar-refractivity contribution in [2.75, 3.05) is 31.6 Å². The minimum atomic E-state index is -0.133. The predicted octanol–water partition coefficient (Wildman–Crippen LogP) is 1.12. The highest BCUT2D eigenvalue weighted by atomic mass is 16.5. The van der Waals surface area contributed by atoms with Gasteiger partial charge in [-0.2, -0.15) is 0 Å². The summed E-state index contributed by atoms with van der Waals surface area (Å²) in [6.07, 6.45) is 0.909. The molecule has 0 aliphatic carbocycles. The Kier molecular flexibility index (Phi) is 5.28. The summed E-state index contributed by atoms with van der Waals surface area (Å²) in [5.74, 6) is 1.74. The molecule has 0 spiro atoms. The minimum Gasteiger partial charge on any atom is -0.497 e. The molecule has 0 bridgehead atoms. The Morgan fingerprint density at radius 3 is 2.60 bits per heavy atom. The van der Waals surface area contributed by atoms with Crippen LogP contribution in [0.25, 0.3) is 0 Å². The lowest BCUT2D eigenvalue weighted by Gasteiger charge is -2.39. The van der Waals surface area contributed by atoms with E-state index >= 15 is 0 Å². The van der Waals surface area contributed by atoms with Crippen molar-refractivity contribution < 1.29 is 9.53 Å². The molecule has 1 aromatic heterocycles. The number of piperazine rings is 1. The van der Waals surface area contributed by atoms with E-state index in [0.717, 1.165) is 43.3 Å². The van der Waals surface area contributed by atoms with E-state index in [2.05, 4.69) is 20.4 Å². The summed E-state index contributed by atoms with van der Waals surface area (Å²) in [7, 11) is 1.64. The van der Waals surface area contributed by atoms with Crippen LogP contribution in [0.15, 0.2) is 24.3 Å². The molecule has 1 atom stereocenters. The zero-order valence-corrected chi connectivity index (χ0v) is 14.9. The minimum absolute atomic E-state index is 0.133. The monoisotopic (exact) mass is 344 g/mol. The number of carbonyl (C=O) groups excluding carboxylic acids is 1. The van der Waals surface area contributed by atoms with E-state index in [0.29, 0.717) is 6.54 Å². The van der Waals surface area contributed by atoms with Crippen LogP contribution in [0.3, 0.4) is 0 Å². The van der Waals surface area contributed by atoms with Crippen LogP contribution in [0.1, 0.15) is 19.2 Å². The lowest BCUT2D eigenvalue weighted by atomic mass is 10.1. The van der Waals surface area contributed by atoms with E-state index in [1.54, 1.807) is 11.8 Å². The molecule has 8 nitrogen and oxygen atoms in total. The topological polar surface area (TPSA) is 76.4 Å². The first-order chi connectivity index (χ1) is 12.1. The van der Waals surface area contributed by atoms with Gasteiger partial charge >= 0.3 is 0 Å². The van der Waals surface area contributed by atoms with Crippen molar-refractivity contribution in [1.82, 2.24) is 25.1 Å². The van der Waals surface area contributed by atoms with Crippen molar-refractivity contribution in [1.29, 1.82) is 0 Å². The Hall–Kier alpha value is -2.48. The van der Waals surface area contributed by atoms with Gasteiger partial charge in [0.2, 0.25) is 5.91 Å². The summed E-state index contributed by atoms with van der Waals surface area (Å²) in [5, 5.41) is 11.5. The number of hydrogen-bond acceptors (Lipinski definition) is 6. The number of methoxy groups -OCH3 is 1. The fourth-order valence-electron chi connectivity index (χ4n) is 3.12. The van der Waals surface area contributed by atoms with E-state index in [-0.39, 0.29) is 11.9 Å². The summed E-state index contributed by atoms with van der Waals surface area (Å²) < 4.78 is 6.97. The molecule has 1 aliphatic heterocycles. The summed E-state index contributed by atoms with van der Waals surface area (Å²) in [4.78, 5) is 16.8. The number of nitrogens with zero attached hydrogens (tertiary/aromatic N) is 6. The number of hydrogen-bond donors (Lipinski definition) is 0. The van der Waals surface area contributed by atoms with Crippen LogP contribution in [-0.4, -0.2) is 63.8 Å². The Morgan fingerprint density at radius 1 is 1.20 bits per heavy atom. The number of benzene rings is 1. The SMILES string of the molecule is COc1ccc(N2CCN(CCCn3nnnc3C)[C@H](C)C2=O)cc1. The molecule has 3 rings (SSSR count). The molecular weight excluding hydrogens is 320 g/mol. The quantitative estimate of drug-likeness (QED) is 0.781. The molecule has 134 valence electrons. The van der Waals surface area contributed by atoms with Crippen LogP contribution >= 0.6 is 0 Å². The Morgan fingerprint density at radius 2 is 1.96 bits per heavy atom. The van der Waals surface area contributed by atoms with Gasteiger partial charge in [-0.3, -0.25) is 9.69 Å². The molecule has 2 aromatic rings. The number of carbonyl (C=O) groups is 1. The average molecular weight is 344 g/mol. The molecule has 1 fully saturated rings. The third kappa shape index (κ3) is 3.79. The molecule has 1 aromatic carbocycles. The van der Waals surface area contributed by atoms with E-state index in [9.17, 15) is 4.79 Å². The second-order valence-electron chi connectivity index (χ2n) is 6.20. The van der Waals surface area contributed by atoms with Crippen LogP contribution in [-0.2, 0) is 11.3 Å². The predicted molar refractivity (Wildman–Crippen MR) is 93.6 cm³/mol. The first-order valence-corrected chi connectivity index (χ1v) is 8.52. The van der Waals surface area contributed by atoms with E-state index in [4.69, 9.17) is 4.74 Å². The molecule has 0 N–H and O–H groups in total. The van der Waals surface area contributed by atoms with Gasteiger partial charge in [0.25, 0.3) is 0 Å². The smallest absolute Gasteiger partial charge is 0.244 e. The number of ether oxygens (including phenoxy) is 1. The maximum atomic E-state index is 12.8. The van der Waals surface area contributed by atoms with Gasteiger partial charge in [-0.1, -0.05) is 0 Å². The number of amides is 1. The molecule has 1 aliphatic rings. The fraction of sp³-hybridized carbons (Fsp3) is 0.529. The second-order valence-corrected chi connectivity index (χ2v) is 6.20. The lowest BCUT2D eigenvalue weighted by molar-refractivity contribution is -0.125. The number of aryl methyl sites for hydroxylation is 2. The number of aromatic nitrogens is 4. The maximum absolute atomic E-state index is 12.8. The van der Waals surface area contributed by atoms with E-state index < -0.39 is 0 Å². The summed E-state index contributed by atoms with van der Waals surface area (Å²) >= 11 is 0. The van der Waals surface area contributed by atoms with Gasteiger partial charge in [-0.15, -0.1) is 5.10 Å². The van der Waals surface area contributed by atoms with E-state index in [1.807, 2.05) is 43.0 Å². The van der Waals surface area contributed by atoms with Crippen molar-refractivity contribution in [2.24, 2.45) is 0 Å². The van der Waals surface area contributed by atoms with Crippen molar-refractivity contribution in [3.8, 4) is 5.75 Å². The molecule has 25 heavy (non-hydrogen) atoms. The molecule has 1 saturated heterocycles. The highest BCUT2D eigenvalue weighted by Crippen LogP contribution is 2.23. The first kappa shape index (κ1) is 17.3. The van der Waals surface area contributed by atoms with Gasteiger partial charge < -0.3 is 9.64 Å². The first-order valence-electron chi connectivity index (χ1n) is 8.52. The second kappa shape index (κ2) is 7.60. The van der Waals surface area contributed by atoms with Crippen LogP contribution in [0.2, 0.25) is 0 Å². The summed E-state index contributed by atoms with van der Waals surface area (Å²) in [6.45, 7) is 7.02. The largest absolute Gasteiger partial charge is 0.497 e. The average Bonchev–Trinajstić information content (AvgIpc) is 3.04. The van der Waals surface area contributed by atoms with Crippen LogP contribution < -0.4 is 9.64 Å². The van der Waals surface area contributed by atoms with Crippen molar-refractivity contribution in [2.45, 2.75) is 32.9 Å². The number of tetrazole rings is 1. The summed E-state index contributed by atoms with van der Waals surface area (Å²) in [6, 6.07) is 7.49. The van der Waals surface area contributed by atoms with Crippen LogP contribution in [0, 0.1) is 6.92 Å². The van der Waals surface area contributed by atoms with Gasteiger partial charge in [0.1, 0.15) is 11.6 Å². The van der Waals surface area contributed by atoms with Crippen molar-refractivity contribution >= 4 is 11.6 Å². The van der Waals surface area contributed by atoms with Crippen LogP contribution in [0.4, 0.5) is 5.69 Å². The molecule has 0 unspecified atom stereocenters. The third-order valence-corrected chi connectivity index (χ3v) is 4.69. The zero-order valence-electron chi connectivity index (χ0n) is 14.9. The van der Waals surface area contributed by atoms with Gasteiger partial charge in [0, 0.05) is 31.9 Å². The molecule has 0 saturated carbocycles. The molecular formula is C17H24N6O2. The Bertz CT molecular complexity index is 714. The summed E-state index contributed by atoms with van der Waals surface area (Å²) in [5.41, 5.74) is 0.918. The highest BCUT2D eigenvalue weighted by molar-refractivity contribution is 5.97. The molecule has 2 heterocycles. The van der Waals surface area contributed by atoms with Gasteiger partial charge in [0.15, 0.2) is 0 Å². The highest BCUT2D eigenvalue weighted by Gasteiger charge is 2.31. The zero-order chi connectivity index (χ0) is 17.8. The van der Waals surface area contributed by atoms with Crippen molar-refractivity contribution in [3.63, 3.8) is 0 Å². The third-order valence-electron chi connectivity index (χ3n) is 4.69. The van der Waals surface area contributed by atoms with E-state index in [1.165, 1.54) is 0 Å². The molecule has 1 amide bonds. The lowest BCUT2D eigenvalue weighted by Crippen LogP contribution is -2.56. The van der Waals surface area contributed by atoms with Gasteiger partial charge in [0.05, 0.1) is 13.2 Å². The van der Waals surface area contributed by atoms with Gasteiger partial charge in [-0.25, -0.2) is 4.68 Å². The molecule has 0 radical (unpaired) electrons. The number of anilines is 1. The van der Waals surface area contributed by atoms with Crippen LogP contribution in [0.5, 0.6) is 5.75 Å². The molecule has 8 heteroatoms. The Balaban J connectivity index is 1.56. The Labute approximate surface area is 147 Å². The maximum Gasteiger partial charge on any atom is 0.244 e. The fourth-order valence-corrected chi connectivity index (χ4v) is 3.12. The van der Waals surface area contributed by atoms with Crippen molar-refractivity contribution in [3.05, 3.63) is 30.1 Å². The van der Waals surface area contributed by atoms with Gasteiger partial charge in [-0.05, 0) is 55.0 Å². The number of rotatable bonds is 6. The standard InChI is InChI=1S/C17H24N6O2/c1-13-17(24)22(15-5-7-16(25-3)8-6-15)12-11-21(13)9-4-10-23-14(2)18-19-20-23/h5-8,13H,4,9-12H2,1-3H3/t13-/m1/s1. The normalized spacial score (nSPS) is 18.6.